The Hall–Kier alpha value is -3.91. The molecule has 0 fully saturated rings. The van der Waals surface area contributed by atoms with Crippen LogP contribution in [0.1, 0.15) is 31.1 Å². The third-order valence-electron chi connectivity index (χ3n) is 6.21. The summed E-state index contributed by atoms with van der Waals surface area (Å²) in [5.41, 5.74) is 2.42. The number of aromatic nitrogens is 2. The van der Waals surface area contributed by atoms with Crippen molar-refractivity contribution in [3.05, 3.63) is 96.9 Å². The van der Waals surface area contributed by atoms with Gasteiger partial charge in [-0.2, -0.15) is 0 Å². The molecule has 1 aliphatic heterocycles. The molecule has 0 saturated carbocycles. The highest BCUT2D eigenvalue weighted by Gasteiger charge is 2.34. The lowest BCUT2D eigenvalue weighted by atomic mass is 9.91. The van der Waals surface area contributed by atoms with Crippen LogP contribution in [0.5, 0.6) is 5.75 Å². The summed E-state index contributed by atoms with van der Waals surface area (Å²) in [6.07, 6.45) is 3.79. The number of benzene rings is 2. The van der Waals surface area contributed by atoms with E-state index in [1.54, 1.807) is 25.5 Å². The van der Waals surface area contributed by atoms with Crippen LogP contribution in [0.15, 0.2) is 75.8 Å². The van der Waals surface area contributed by atoms with Gasteiger partial charge in [0.15, 0.2) is 4.80 Å². The highest BCUT2D eigenvalue weighted by atomic mass is 32.1. The van der Waals surface area contributed by atoms with Crippen molar-refractivity contribution in [1.29, 1.82) is 0 Å². The maximum Gasteiger partial charge on any atom is 0.338 e. The van der Waals surface area contributed by atoms with Crippen molar-refractivity contribution in [3.8, 4) is 5.75 Å². The van der Waals surface area contributed by atoms with E-state index in [1.165, 1.54) is 11.3 Å². The van der Waals surface area contributed by atoms with E-state index in [4.69, 9.17) is 9.47 Å². The molecular formula is C27H25N3O4S. The Balaban J connectivity index is 1.83. The fraction of sp³-hybridized carbons (Fsp3) is 0.222. The van der Waals surface area contributed by atoms with E-state index in [1.807, 2.05) is 72.4 Å². The minimum Gasteiger partial charge on any atom is -0.496 e. The summed E-state index contributed by atoms with van der Waals surface area (Å²) in [6.45, 7) is 3.78. The van der Waals surface area contributed by atoms with E-state index in [0.29, 0.717) is 20.6 Å². The minimum absolute atomic E-state index is 0.200. The highest BCUT2D eigenvalue weighted by molar-refractivity contribution is 7.07. The number of methoxy groups -OCH3 is 1. The molecule has 0 radical (unpaired) electrons. The molecular weight excluding hydrogens is 462 g/mol. The largest absolute Gasteiger partial charge is 0.496 e. The molecule has 0 saturated heterocycles. The first-order valence-electron chi connectivity index (χ1n) is 11.3. The molecule has 35 heavy (non-hydrogen) atoms. The third-order valence-corrected chi connectivity index (χ3v) is 7.20. The fourth-order valence-corrected chi connectivity index (χ4v) is 5.59. The fourth-order valence-electron chi connectivity index (χ4n) is 4.56. The maximum absolute atomic E-state index is 13.8. The van der Waals surface area contributed by atoms with Crippen molar-refractivity contribution >= 4 is 34.2 Å². The SMILES string of the molecule is CCOC(=O)C1=C(C)N=c2s/c(=C\c3cccn3C)c(=O)n2C1c1ccc(OC)c2ccccc12. The molecule has 3 heterocycles. The Bertz CT molecular complexity index is 1670. The lowest BCUT2D eigenvalue weighted by molar-refractivity contribution is -0.139. The first-order valence-corrected chi connectivity index (χ1v) is 12.1. The molecule has 0 bridgehead atoms. The number of hydrogen-bond acceptors (Lipinski definition) is 6. The molecule has 1 unspecified atom stereocenters. The van der Waals surface area contributed by atoms with Crippen LogP contribution in [-0.4, -0.2) is 28.8 Å². The zero-order chi connectivity index (χ0) is 24.7. The average Bonchev–Trinajstić information content (AvgIpc) is 3.39. The smallest absolute Gasteiger partial charge is 0.338 e. The Morgan fingerprint density at radius 3 is 2.60 bits per heavy atom. The Kier molecular flexibility index (Phi) is 5.90. The molecule has 0 N–H and O–H groups in total. The minimum atomic E-state index is -0.684. The molecule has 1 aliphatic rings. The molecule has 5 rings (SSSR count). The van der Waals surface area contributed by atoms with Gasteiger partial charge in [-0.25, -0.2) is 9.79 Å². The summed E-state index contributed by atoms with van der Waals surface area (Å²) in [5, 5.41) is 1.79. The van der Waals surface area contributed by atoms with E-state index in [-0.39, 0.29) is 12.2 Å². The molecule has 1 atom stereocenters. The summed E-state index contributed by atoms with van der Waals surface area (Å²) in [6, 6.07) is 14.8. The van der Waals surface area contributed by atoms with E-state index < -0.39 is 12.0 Å². The first-order chi connectivity index (χ1) is 16.9. The van der Waals surface area contributed by atoms with Crippen molar-refractivity contribution < 1.29 is 14.3 Å². The van der Waals surface area contributed by atoms with Crippen molar-refractivity contribution in [2.45, 2.75) is 19.9 Å². The van der Waals surface area contributed by atoms with E-state index in [9.17, 15) is 9.59 Å². The van der Waals surface area contributed by atoms with Crippen LogP contribution in [0.25, 0.3) is 16.8 Å². The molecule has 0 spiro atoms. The summed E-state index contributed by atoms with van der Waals surface area (Å²) in [7, 11) is 3.56. The Morgan fingerprint density at radius 1 is 1.14 bits per heavy atom. The summed E-state index contributed by atoms with van der Waals surface area (Å²) < 4.78 is 15.1. The van der Waals surface area contributed by atoms with Gasteiger partial charge in [-0.3, -0.25) is 9.36 Å². The number of nitrogens with zero attached hydrogens (tertiary/aromatic N) is 3. The van der Waals surface area contributed by atoms with Crippen molar-refractivity contribution in [3.63, 3.8) is 0 Å². The van der Waals surface area contributed by atoms with Crippen LogP contribution >= 0.6 is 11.3 Å². The monoisotopic (exact) mass is 487 g/mol. The quantitative estimate of drug-likeness (QED) is 0.405. The van der Waals surface area contributed by atoms with Gasteiger partial charge in [-0.15, -0.1) is 0 Å². The van der Waals surface area contributed by atoms with E-state index >= 15 is 0 Å². The average molecular weight is 488 g/mol. The predicted molar refractivity (Wildman–Crippen MR) is 136 cm³/mol. The van der Waals surface area contributed by atoms with Crippen LogP contribution in [0.4, 0.5) is 0 Å². The molecule has 7 nitrogen and oxygen atoms in total. The second kappa shape index (κ2) is 9.03. The zero-order valence-electron chi connectivity index (χ0n) is 19.9. The van der Waals surface area contributed by atoms with Gasteiger partial charge in [-0.1, -0.05) is 41.7 Å². The number of aryl methyl sites for hydroxylation is 1. The number of fused-ring (bicyclic) bond motifs is 2. The number of carbonyl (C=O) groups excluding carboxylic acids is 1. The Labute approximate surface area is 205 Å². The molecule has 4 aromatic rings. The van der Waals surface area contributed by atoms with Gasteiger partial charge in [0, 0.05) is 24.3 Å². The predicted octanol–water partition coefficient (Wildman–Crippen LogP) is 3.30. The van der Waals surface area contributed by atoms with Gasteiger partial charge in [0.25, 0.3) is 5.56 Å². The van der Waals surface area contributed by atoms with Crippen molar-refractivity contribution in [1.82, 2.24) is 9.13 Å². The van der Waals surface area contributed by atoms with Gasteiger partial charge in [-0.05, 0) is 49.1 Å². The zero-order valence-corrected chi connectivity index (χ0v) is 20.8. The number of ether oxygens (including phenoxy) is 2. The number of esters is 1. The number of thiazole rings is 1. The van der Waals surface area contributed by atoms with E-state index in [0.717, 1.165) is 27.8 Å². The normalized spacial score (nSPS) is 15.8. The molecule has 2 aromatic heterocycles. The van der Waals surface area contributed by atoms with Crippen LogP contribution < -0.4 is 19.6 Å². The molecule has 0 amide bonds. The number of carbonyl (C=O) groups is 1. The number of hydrogen-bond donors (Lipinski definition) is 0. The van der Waals surface area contributed by atoms with Crippen LogP contribution in [0, 0.1) is 0 Å². The van der Waals surface area contributed by atoms with Crippen LogP contribution in [-0.2, 0) is 16.6 Å². The van der Waals surface area contributed by atoms with Gasteiger partial charge in [0.1, 0.15) is 5.75 Å². The second-order valence-electron chi connectivity index (χ2n) is 8.25. The second-order valence-corrected chi connectivity index (χ2v) is 9.26. The molecule has 178 valence electrons. The third kappa shape index (κ3) is 3.80. The molecule has 0 aliphatic carbocycles. The Morgan fingerprint density at radius 2 is 1.91 bits per heavy atom. The number of rotatable bonds is 5. The first kappa shape index (κ1) is 22.9. The molecule has 8 heteroatoms. The summed E-state index contributed by atoms with van der Waals surface area (Å²) in [5.74, 6) is 0.245. The summed E-state index contributed by atoms with van der Waals surface area (Å²) in [4.78, 5) is 32.2. The maximum atomic E-state index is 13.8. The van der Waals surface area contributed by atoms with Gasteiger partial charge < -0.3 is 14.0 Å². The highest BCUT2D eigenvalue weighted by Crippen LogP contribution is 2.37. The number of allylic oxidation sites excluding steroid dienone is 1. The summed E-state index contributed by atoms with van der Waals surface area (Å²) >= 11 is 1.32. The van der Waals surface area contributed by atoms with Gasteiger partial charge >= 0.3 is 5.97 Å². The van der Waals surface area contributed by atoms with Gasteiger partial charge in [0.05, 0.1) is 35.6 Å². The van der Waals surface area contributed by atoms with E-state index in [2.05, 4.69) is 4.99 Å². The standard InChI is InChI=1S/C27H25N3O4S/c1-5-34-26(32)23-16(2)28-27-30(25(31)22(35-27)15-17-9-8-14-29(17)3)24(23)20-12-13-21(33-4)19-11-7-6-10-18(19)20/h6-15,24H,5H2,1-4H3/b22-15-. The topological polar surface area (TPSA) is 74.8 Å². The van der Waals surface area contributed by atoms with Crippen molar-refractivity contribution in [2.75, 3.05) is 13.7 Å². The van der Waals surface area contributed by atoms with Crippen LogP contribution in [0.3, 0.4) is 0 Å². The van der Waals surface area contributed by atoms with Crippen LogP contribution in [0.2, 0.25) is 0 Å². The molecule has 2 aromatic carbocycles. The lowest BCUT2D eigenvalue weighted by Gasteiger charge is -2.26. The van der Waals surface area contributed by atoms with Crippen molar-refractivity contribution in [2.24, 2.45) is 12.0 Å². The van der Waals surface area contributed by atoms with Gasteiger partial charge in [0.2, 0.25) is 0 Å². The lowest BCUT2D eigenvalue weighted by Crippen LogP contribution is -2.40.